The largest absolute Gasteiger partial charge is 0.353 e. The molecule has 1 unspecified atom stereocenters. The van der Waals surface area contributed by atoms with E-state index in [0.717, 1.165) is 25.9 Å². The van der Waals surface area contributed by atoms with Crippen molar-refractivity contribution in [2.75, 3.05) is 13.2 Å². The standard InChI is InChI=1S/C9H13B2N3O2/c10-8-9(11)13-14(12-8)4-6-16-7-3-1-2-5-15-7/h7H,1-6H2. The van der Waals surface area contributed by atoms with Gasteiger partial charge in [-0.25, -0.2) is 0 Å². The second-order valence-electron chi connectivity index (χ2n) is 3.73. The molecule has 0 bridgehead atoms. The third kappa shape index (κ3) is 3.09. The number of hydrogen-bond donors (Lipinski definition) is 0. The molecule has 2 rings (SSSR count). The van der Waals surface area contributed by atoms with Crippen LogP contribution in [0.25, 0.3) is 0 Å². The molecule has 1 fully saturated rings. The Bertz CT molecular complexity index is 320. The average molecular weight is 217 g/mol. The van der Waals surface area contributed by atoms with Crippen LogP contribution < -0.4 is 11.2 Å². The monoisotopic (exact) mass is 217 g/mol. The first-order valence-corrected chi connectivity index (χ1v) is 5.45. The summed E-state index contributed by atoms with van der Waals surface area (Å²) in [5.41, 5.74) is 0.517. The summed E-state index contributed by atoms with van der Waals surface area (Å²) in [4.78, 5) is 1.44. The van der Waals surface area contributed by atoms with E-state index >= 15 is 0 Å². The van der Waals surface area contributed by atoms with Gasteiger partial charge in [0.05, 0.1) is 13.2 Å². The van der Waals surface area contributed by atoms with E-state index in [0.29, 0.717) is 13.2 Å². The maximum absolute atomic E-state index is 5.53. The maximum atomic E-state index is 5.53. The second kappa shape index (κ2) is 5.50. The lowest BCUT2D eigenvalue weighted by Gasteiger charge is -2.22. The summed E-state index contributed by atoms with van der Waals surface area (Å²) in [6.07, 6.45) is 3.15. The summed E-state index contributed by atoms with van der Waals surface area (Å²) in [5, 5.41) is 7.86. The number of rotatable bonds is 4. The first-order valence-electron chi connectivity index (χ1n) is 5.45. The van der Waals surface area contributed by atoms with Crippen LogP contribution in [0.5, 0.6) is 0 Å². The van der Waals surface area contributed by atoms with Gasteiger partial charge >= 0.3 is 0 Å². The maximum Gasteiger partial charge on any atom is 0.157 e. The lowest BCUT2D eigenvalue weighted by Crippen LogP contribution is -2.24. The fourth-order valence-corrected chi connectivity index (χ4v) is 1.58. The Balaban J connectivity index is 1.71. The van der Waals surface area contributed by atoms with E-state index in [2.05, 4.69) is 10.2 Å². The predicted octanol–water partition coefficient (Wildman–Crippen LogP) is -1.59. The molecule has 16 heavy (non-hydrogen) atoms. The highest BCUT2D eigenvalue weighted by atomic mass is 16.7. The fourth-order valence-electron chi connectivity index (χ4n) is 1.58. The minimum absolute atomic E-state index is 0.0843. The third-order valence-corrected chi connectivity index (χ3v) is 2.44. The Morgan fingerprint density at radius 2 is 2.06 bits per heavy atom. The van der Waals surface area contributed by atoms with Crippen LogP contribution in [0.3, 0.4) is 0 Å². The molecule has 0 amide bonds. The van der Waals surface area contributed by atoms with Gasteiger partial charge in [0.25, 0.3) is 0 Å². The summed E-state index contributed by atoms with van der Waals surface area (Å²) in [6.45, 7) is 1.81. The van der Waals surface area contributed by atoms with Gasteiger partial charge < -0.3 is 9.47 Å². The topological polar surface area (TPSA) is 49.2 Å². The zero-order valence-corrected chi connectivity index (χ0v) is 9.13. The second-order valence-corrected chi connectivity index (χ2v) is 3.73. The van der Waals surface area contributed by atoms with Gasteiger partial charge in [-0.2, -0.15) is 15.0 Å². The van der Waals surface area contributed by atoms with Gasteiger partial charge in [0.2, 0.25) is 0 Å². The predicted molar refractivity (Wildman–Crippen MR) is 60.3 cm³/mol. The van der Waals surface area contributed by atoms with Crippen molar-refractivity contribution in [2.45, 2.75) is 32.1 Å². The van der Waals surface area contributed by atoms with Crippen molar-refractivity contribution in [1.82, 2.24) is 15.0 Å². The molecular formula is C9H13B2N3O2. The summed E-state index contributed by atoms with van der Waals surface area (Å²) < 4.78 is 11.0. The summed E-state index contributed by atoms with van der Waals surface area (Å²) in [6, 6.07) is 0. The van der Waals surface area contributed by atoms with E-state index in [1.54, 1.807) is 0 Å². The molecule has 0 aliphatic carbocycles. The van der Waals surface area contributed by atoms with Gasteiger partial charge in [0.15, 0.2) is 6.29 Å². The SMILES string of the molecule is [B]c1nn(CCOC2CCCCO2)nc1[B]. The summed E-state index contributed by atoms with van der Waals surface area (Å²) in [7, 11) is 10.9. The first kappa shape index (κ1) is 11.7. The highest BCUT2D eigenvalue weighted by Crippen LogP contribution is 2.13. The van der Waals surface area contributed by atoms with Crippen LogP contribution in [0.2, 0.25) is 0 Å². The van der Waals surface area contributed by atoms with E-state index in [4.69, 9.17) is 25.2 Å². The average Bonchev–Trinajstić information content (AvgIpc) is 2.60. The molecule has 1 aliphatic rings. The molecular weight excluding hydrogens is 204 g/mol. The molecule has 1 saturated heterocycles. The van der Waals surface area contributed by atoms with E-state index in [-0.39, 0.29) is 17.5 Å². The normalized spacial score (nSPS) is 21.1. The molecule has 0 spiro atoms. The highest BCUT2D eigenvalue weighted by Gasteiger charge is 2.13. The quantitative estimate of drug-likeness (QED) is 0.570. The van der Waals surface area contributed by atoms with E-state index in [9.17, 15) is 0 Å². The summed E-state index contributed by atoms with van der Waals surface area (Å²) in [5.74, 6) is 0. The van der Waals surface area contributed by atoms with Crippen LogP contribution in [-0.2, 0) is 16.0 Å². The molecule has 7 heteroatoms. The number of hydrogen-bond acceptors (Lipinski definition) is 4. The number of ether oxygens (including phenoxy) is 2. The number of nitrogens with zero attached hydrogens (tertiary/aromatic N) is 3. The zero-order valence-electron chi connectivity index (χ0n) is 9.13. The van der Waals surface area contributed by atoms with Crippen LogP contribution in [0.15, 0.2) is 0 Å². The van der Waals surface area contributed by atoms with Gasteiger partial charge in [0.1, 0.15) is 15.7 Å². The van der Waals surface area contributed by atoms with Crippen molar-refractivity contribution in [3.8, 4) is 0 Å². The Kier molecular flexibility index (Phi) is 4.01. The van der Waals surface area contributed by atoms with Crippen LogP contribution >= 0.6 is 0 Å². The molecule has 82 valence electrons. The molecule has 4 radical (unpaired) electrons. The Hall–Kier alpha value is -0.810. The van der Waals surface area contributed by atoms with Crippen LogP contribution in [0.4, 0.5) is 0 Å². The van der Waals surface area contributed by atoms with Crippen LogP contribution in [0.1, 0.15) is 19.3 Å². The molecule has 0 N–H and O–H groups in total. The molecule has 1 atom stereocenters. The van der Waals surface area contributed by atoms with Gasteiger partial charge in [-0.1, -0.05) is 0 Å². The fraction of sp³-hybridized carbons (Fsp3) is 0.778. The van der Waals surface area contributed by atoms with E-state index < -0.39 is 0 Å². The molecule has 1 aromatic rings. The first-order chi connectivity index (χ1) is 7.75. The van der Waals surface area contributed by atoms with Crippen molar-refractivity contribution in [3.05, 3.63) is 0 Å². The Labute approximate surface area is 97.3 Å². The highest BCUT2D eigenvalue weighted by molar-refractivity contribution is 6.46. The Morgan fingerprint density at radius 3 is 2.69 bits per heavy atom. The van der Waals surface area contributed by atoms with Crippen LogP contribution in [0, 0.1) is 0 Å². The molecule has 2 heterocycles. The van der Waals surface area contributed by atoms with E-state index in [1.807, 2.05) is 0 Å². The van der Waals surface area contributed by atoms with Gasteiger partial charge in [0, 0.05) is 17.8 Å². The van der Waals surface area contributed by atoms with Gasteiger partial charge in [-0.15, -0.1) is 0 Å². The molecule has 1 aromatic heterocycles. The molecule has 0 saturated carbocycles. The van der Waals surface area contributed by atoms with Crippen molar-refractivity contribution in [3.63, 3.8) is 0 Å². The zero-order chi connectivity index (χ0) is 11.4. The summed E-state index contributed by atoms with van der Waals surface area (Å²) >= 11 is 0. The lowest BCUT2D eigenvalue weighted by molar-refractivity contribution is -0.164. The third-order valence-electron chi connectivity index (χ3n) is 2.44. The van der Waals surface area contributed by atoms with Gasteiger partial charge in [-0.05, 0) is 19.3 Å². The number of aromatic nitrogens is 3. The molecule has 0 aromatic carbocycles. The van der Waals surface area contributed by atoms with Crippen molar-refractivity contribution in [2.24, 2.45) is 0 Å². The smallest absolute Gasteiger partial charge is 0.157 e. The minimum Gasteiger partial charge on any atom is -0.353 e. The lowest BCUT2D eigenvalue weighted by atomic mass is 9.92. The van der Waals surface area contributed by atoms with Crippen molar-refractivity contribution < 1.29 is 9.47 Å². The van der Waals surface area contributed by atoms with Gasteiger partial charge in [-0.3, -0.25) is 0 Å². The molecule has 5 nitrogen and oxygen atoms in total. The van der Waals surface area contributed by atoms with Crippen LogP contribution in [-0.4, -0.2) is 50.2 Å². The molecule has 1 aliphatic heterocycles. The minimum atomic E-state index is -0.0843. The van der Waals surface area contributed by atoms with Crippen molar-refractivity contribution >= 4 is 26.9 Å². The Morgan fingerprint density at radius 1 is 1.31 bits per heavy atom. The van der Waals surface area contributed by atoms with Crippen molar-refractivity contribution in [1.29, 1.82) is 0 Å². The van der Waals surface area contributed by atoms with E-state index in [1.165, 1.54) is 4.80 Å².